The van der Waals surface area contributed by atoms with Crippen molar-refractivity contribution in [2.45, 2.75) is 31.7 Å². The molecule has 1 fully saturated rings. The van der Waals surface area contributed by atoms with E-state index in [4.69, 9.17) is 9.15 Å². The van der Waals surface area contributed by atoms with Gasteiger partial charge in [0.15, 0.2) is 0 Å². The fourth-order valence-corrected chi connectivity index (χ4v) is 4.01. The number of thiazole rings is 1. The normalized spacial score (nSPS) is 17.1. The number of likely N-dealkylation sites (tertiary alicyclic amines) is 1. The van der Waals surface area contributed by atoms with Crippen LogP contribution >= 0.6 is 11.3 Å². The quantitative estimate of drug-likeness (QED) is 0.663. The maximum absolute atomic E-state index is 12.8. The van der Waals surface area contributed by atoms with E-state index < -0.39 is 0 Å². The van der Waals surface area contributed by atoms with E-state index in [1.807, 2.05) is 29.2 Å². The number of rotatable bonds is 5. The molecule has 2 aromatic heterocycles. The lowest BCUT2D eigenvalue weighted by Crippen LogP contribution is -2.38. The van der Waals surface area contributed by atoms with Crippen molar-refractivity contribution in [3.05, 3.63) is 64.3 Å². The highest BCUT2D eigenvalue weighted by Gasteiger charge is 2.32. The van der Waals surface area contributed by atoms with Gasteiger partial charge in [0.25, 0.3) is 5.91 Å². The molecule has 6 nitrogen and oxygen atoms in total. The fourth-order valence-electron chi connectivity index (χ4n) is 3.44. The molecule has 3 aromatic rings. The second-order valence-corrected chi connectivity index (χ2v) is 7.46. The van der Waals surface area contributed by atoms with E-state index in [9.17, 15) is 4.79 Å². The van der Waals surface area contributed by atoms with E-state index in [0.717, 1.165) is 42.9 Å². The summed E-state index contributed by atoms with van der Waals surface area (Å²) < 4.78 is 11.3. The Morgan fingerprint density at radius 1 is 1.37 bits per heavy atom. The van der Waals surface area contributed by atoms with Crippen LogP contribution in [0.2, 0.25) is 0 Å². The molecule has 0 N–H and O–H groups in total. The van der Waals surface area contributed by atoms with Gasteiger partial charge in [-0.25, -0.2) is 4.98 Å². The minimum Gasteiger partial charge on any atom is -0.497 e. The van der Waals surface area contributed by atoms with Crippen LogP contribution in [0, 0.1) is 0 Å². The van der Waals surface area contributed by atoms with Crippen molar-refractivity contribution >= 4 is 17.2 Å². The third-order valence-electron chi connectivity index (χ3n) is 4.78. The average molecular weight is 383 g/mol. The molecule has 1 saturated heterocycles. The summed E-state index contributed by atoms with van der Waals surface area (Å²) in [5.74, 6) is 2.23. The highest BCUT2D eigenvalue weighted by molar-refractivity contribution is 7.11. The molecule has 0 radical (unpaired) electrons. The topological polar surface area (TPSA) is 68.5 Å². The van der Waals surface area contributed by atoms with Gasteiger partial charge in [-0.1, -0.05) is 12.1 Å². The van der Waals surface area contributed by atoms with Crippen molar-refractivity contribution < 1.29 is 13.9 Å². The first-order valence-corrected chi connectivity index (χ1v) is 9.89. The maximum atomic E-state index is 12.8. The summed E-state index contributed by atoms with van der Waals surface area (Å²) in [5, 5.41) is 0. The van der Waals surface area contributed by atoms with E-state index in [0.29, 0.717) is 17.2 Å². The first kappa shape index (κ1) is 17.7. The first-order valence-electron chi connectivity index (χ1n) is 9.01. The van der Waals surface area contributed by atoms with Crippen LogP contribution in [0.25, 0.3) is 0 Å². The van der Waals surface area contributed by atoms with Gasteiger partial charge in [-0.15, -0.1) is 11.3 Å². The molecule has 1 aromatic carbocycles. The van der Waals surface area contributed by atoms with E-state index in [1.54, 1.807) is 25.0 Å². The number of piperidine rings is 1. The molecule has 1 amide bonds. The van der Waals surface area contributed by atoms with E-state index in [-0.39, 0.29) is 11.9 Å². The molecule has 1 aliphatic rings. The number of hydrogen-bond donors (Lipinski definition) is 0. The SMILES string of the molecule is COc1cccc(Cc2cnc(C3CCCCN3C(=O)c3cncs3)o2)c1. The Bertz CT molecular complexity index is 907. The third kappa shape index (κ3) is 3.88. The summed E-state index contributed by atoms with van der Waals surface area (Å²) >= 11 is 1.37. The Labute approximate surface area is 161 Å². The Balaban J connectivity index is 1.52. The largest absolute Gasteiger partial charge is 0.497 e. The van der Waals surface area contributed by atoms with Gasteiger partial charge in [-0.3, -0.25) is 9.78 Å². The number of methoxy groups -OCH3 is 1. The Morgan fingerprint density at radius 2 is 2.30 bits per heavy atom. The van der Waals surface area contributed by atoms with Crippen LogP contribution in [-0.4, -0.2) is 34.4 Å². The van der Waals surface area contributed by atoms with Crippen molar-refractivity contribution in [1.29, 1.82) is 0 Å². The molecule has 0 spiro atoms. The molecule has 0 aliphatic carbocycles. The third-order valence-corrected chi connectivity index (χ3v) is 5.54. The van der Waals surface area contributed by atoms with Gasteiger partial charge < -0.3 is 14.1 Å². The maximum Gasteiger partial charge on any atom is 0.266 e. The van der Waals surface area contributed by atoms with Crippen molar-refractivity contribution in [2.24, 2.45) is 0 Å². The molecule has 4 rings (SSSR count). The van der Waals surface area contributed by atoms with Crippen LogP contribution in [0.1, 0.15) is 52.2 Å². The Hall–Kier alpha value is -2.67. The van der Waals surface area contributed by atoms with Crippen LogP contribution in [0.5, 0.6) is 5.75 Å². The summed E-state index contributed by atoms with van der Waals surface area (Å²) in [6.45, 7) is 0.717. The predicted molar refractivity (Wildman–Crippen MR) is 102 cm³/mol. The second kappa shape index (κ2) is 7.92. The number of nitrogens with zero attached hydrogens (tertiary/aromatic N) is 3. The summed E-state index contributed by atoms with van der Waals surface area (Å²) in [6.07, 6.45) is 6.95. The molecular weight excluding hydrogens is 362 g/mol. The van der Waals surface area contributed by atoms with Crippen LogP contribution in [0.3, 0.4) is 0 Å². The average Bonchev–Trinajstić information content (AvgIpc) is 3.40. The van der Waals surface area contributed by atoms with Gasteiger partial charge in [0.2, 0.25) is 5.89 Å². The zero-order valence-electron chi connectivity index (χ0n) is 15.1. The van der Waals surface area contributed by atoms with E-state index >= 15 is 0 Å². The van der Waals surface area contributed by atoms with Crippen LogP contribution in [-0.2, 0) is 6.42 Å². The predicted octanol–water partition coefficient (Wildman–Crippen LogP) is 4.10. The summed E-state index contributed by atoms with van der Waals surface area (Å²) in [6, 6.07) is 7.78. The molecule has 140 valence electrons. The molecule has 1 aliphatic heterocycles. The van der Waals surface area contributed by atoms with E-state index in [2.05, 4.69) is 9.97 Å². The number of ether oxygens (including phenoxy) is 1. The second-order valence-electron chi connectivity index (χ2n) is 6.57. The summed E-state index contributed by atoms with van der Waals surface area (Å²) in [4.78, 5) is 23.9. The number of carbonyl (C=O) groups is 1. The molecule has 1 atom stereocenters. The number of benzene rings is 1. The zero-order valence-corrected chi connectivity index (χ0v) is 15.9. The Kier molecular flexibility index (Phi) is 5.20. The highest BCUT2D eigenvalue weighted by atomic mass is 32.1. The molecule has 27 heavy (non-hydrogen) atoms. The van der Waals surface area contributed by atoms with Crippen LogP contribution in [0.15, 0.2) is 46.6 Å². The number of amides is 1. The number of aromatic nitrogens is 2. The van der Waals surface area contributed by atoms with Gasteiger partial charge in [-0.05, 0) is 37.0 Å². The van der Waals surface area contributed by atoms with Crippen molar-refractivity contribution in [1.82, 2.24) is 14.9 Å². The lowest BCUT2D eigenvalue weighted by Gasteiger charge is -2.33. The molecular formula is C20H21N3O3S. The number of carbonyl (C=O) groups excluding carboxylic acids is 1. The number of hydrogen-bond acceptors (Lipinski definition) is 6. The zero-order chi connectivity index (χ0) is 18.6. The molecule has 0 saturated carbocycles. The summed E-state index contributed by atoms with van der Waals surface area (Å²) in [5.41, 5.74) is 2.78. The molecule has 7 heteroatoms. The molecule has 0 bridgehead atoms. The van der Waals surface area contributed by atoms with Crippen molar-refractivity contribution in [3.63, 3.8) is 0 Å². The van der Waals surface area contributed by atoms with Crippen molar-refractivity contribution in [3.8, 4) is 5.75 Å². The number of oxazole rings is 1. The smallest absolute Gasteiger partial charge is 0.266 e. The van der Waals surface area contributed by atoms with Gasteiger partial charge in [-0.2, -0.15) is 0 Å². The fraction of sp³-hybridized carbons (Fsp3) is 0.350. The first-order chi connectivity index (χ1) is 13.2. The minimum atomic E-state index is -0.118. The van der Waals surface area contributed by atoms with Gasteiger partial charge in [0.05, 0.1) is 25.0 Å². The lowest BCUT2D eigenvalue weighted by atomic mass is 10.0. The van der Waals surface area contributed by atoms with Crippen LogP contribution in [0.4, 0.5) is 0 Å². The highest BCUT2D eigenvalue weighted by Crippen LogP contribution is 2.32. The van der Waals surface area contributed by atoms with Gasteiger partial charge in [0.1, 0.15) is 22.4 Å². The van der Waals surface area contributed by atoms with E-state index in [1.165, 1.54) is 11.3 Å². The molecule has 1 unspecified atom stereocenters. The standard InChI is InChI=1S/C20H21N3O3S/c1-25-15-6-4-5-14(9-15)10-16-11-22-19(26-16)17-7-2-3-8-23(17)20(24)18-12-21-13-27-18/h4-6,9,11-13,17H,2-3,7-8,10H2,1H3. The minimum absolute atomic E-state index is 0.00902. The molecule has 3 heterocycles. The monoisotopic (exact) mass is 383 g/mol. The van der Waals surface area contributed by atoms with Crippen LogP contribution < -0.4 is 4.74 Å². The summed E-state index contributed by atoms with van der Waals surface area (Å²) in [7, 11) is 1.66. The van der Waals surface area contributed by atoms with Gasteiger partial charge >= 0.3 is 0 Å². The van der Waals surface area contributed by atoms with Gasteiger partial charge in [0, 0.05) is 13.0 Å². The van der Waals surface area contributed by atoms with Crippen molar-refractivity contribution in [2.75, 3.05) is 13.7 Å². The lowest BCUT2D eigenvalue weighted by molar-refractivity contribution is 0.0575. The Morgan fingerprint density at radius 3 is 3.11 bits per heavy atom.